The zero-order valence-electron chi connectivity index (χ0n) is 10.6. The van der Waals surface area contributed by atoms with Gasteiger partial charge in [0.15, 0.2) is 0 Å². The number of carbonyl (C=O) groups excluding carboxylic acids is 1. The van der Waals surface area contributed by atoms with Crippen LogP contribution in [0.15, 0.2) is 0 Å². The number of hydrogen-bond acceptors (Lipinski definition) is 3. The van der Waals surface area contributed by atoms with Gasteiger partial charge in [-0.2, -0.15) is 12.7 Å². The summed E-state index contributed by atoms with van der Waals surface area (Å²) >= 11 is 0. The molecule has 0 radical (unpaired) electrons. The van der Waals surface area contributed by atoms with Crippen LogP contribution in [0.25, 0.3) is 0 Å². The molecule has 104 valence electrons. The van der Waals surface area contributed by atoms with Crippen molar-refractivity contribution < 1.29 is 13.2 Å². The average molecular weight is 275 g/mol. The van der Waals surface area contributed by atoms with Crippen molar-refractivity contribution in [2.45, 2.75) is 32.1 Å². The summed E-state index contributed by atoms with van der Waals surface area (Å²) in [5.41, 5.74) is 0. The molecule has 2 rings (SSSR count). The fourth-order valence-corrected chi connectivity index (χ4v) is 3.70. The highest BCUT2D eigenvalue weighted by atomic mass is 32.2. The van der Waals surface area contributed by atoms with E-state index >= 15 is 0 Å². The Morgan fingerprint density at radius 3 is 2.39 bits per heavy atom. The number of hydrogen-bond donors (Lipinski definition) is 1. The molecular formula is C11H21N3O3S. The van der Waals surface area contributed by atoms with Gasteiger partial charge >= 0.3 is 0 Å². The Morgan fingerprint density at radius 2 is 1.72 bits per heavy atom. The maximum atomic E-state index is 11.9. The normalized spacial score (nSPS) is 22.7. The van der Waals surface area contributed by atoms with Gasteiger partial charge in [-0.25, -0.2) is 4.72 Å². The van der Waals surface area contributed by atoms with Crippen molar-refractivity contribution >= 4 is 16.1 Å². The minimum absolute atomic E-state index is 0.140. The number of piperidine rings is 1. The Labute approximate surface area is 109 Å². The van der Waals surface area contributed by atoms with E-state index in [1.54, 1.807) is 4.90 Å². The summed E-state index contributed by atoms with van der Waals surface area (Å²) in [6.45, 7) is 2.76. The molecule has 0 spiro atoms. The second-order valence-electron chi connectivity index (χ2n) is 4.84. The molecule has 0 aromatic heterocycles. The number of carbonyl (C=O) groups is 1. The van der Waals surface area contributed by atoms with Crippen molar-refractivity contribution in [2.24, 2.45) is 0 Å². The molecule has 2 aliphatic heterocycles. The van der Waals surface area contributed by atoms with Gasteiger partial charge in [0.25, 0.3) is 10.2 Å². The van der Waals surface area contributed by atoms with Gasteiger partial charge < -0.3 is 4.90 Å². The van der Waals surface area contributed by atoms with E-state index in [0.29, 0.717) is 32.6 Å². The maximum Gasteiger partial charge on any atom is 0.279 e. The predicted octanol–water partition coefficient (Wildman–Crippen LogP) is -0.0709. The van der Waals surface area contributed by atoms with Crippen LogP contribution < -0.4 is 4.72 Å². The topological polar surface area (TPSA) is 69.7 Å². The smallest absolute Gasteiger partial charge is 0.279 e. The first kappa shape index (κ1) is 13.8. The Kier molecular flexibility index (Phi) is 4.58. The lowest BCUT2D eigenvalue weighted by molar-refractivity contribution is -0.133. The first-order chi connectivity index (χ1) is 8.59. The highest BCUT2D eigenvalue weighted by molar-refractivity contribution is 7.87. The Balaban J connectivity index is 1.75. The lowest BCUT2D eigenvalue weighted by Crippen LogP contribution is -2.44. The molecule has 2 saturated heterocycles. The van der Waals surface area contributed by atoms with E-state index in [-0.39, 0.29) is 5.91 Å². The third-order valence-electron chi connectivity index (χ3n) is 3.49. The number of rotatable bonds is 5. The lowest BCUT2D eigenvalue weighted by atomic mass is 10.1. The molecule has 2 heterocycles. The van der Waals surface area contributed by atoms with E-state index in [9.17, 15) is 13.2 Å². The van der Waals surface area contributed by atoms with Crippen molar-refractivity contribution in [3.05, 3.63) is 0 Å². The fraction of sp³-hybridized carbons (Fsp3) is 0.909. The van der Waals surface area contributed by atoms with Crippen molar-refractivity contribution in [1.29, 1.82) is 0 Å². The van der Waals surface area contributed by atoms with Crippen molar-refractivity contribution in [2.75, 3.05) is 32.7 Å². The molecule has 0 aromatic carbocycles. The molecular weight excluding hydrogens is 254 g/mol. The highest BCUT2D eigenvalue weighted by Crippen LogP contribution is 2.12. The first-order valence-electron chi connectivity index (χ1n) is 6.62. The number of amides is 1. The minimum atomic E-state index is -3.33. The van der Waals surface area contributed by atoms with Crippen LogP contribution in [0.4, 0.5) is 0 Å². The highest BCUT2D eigenvalue weighted by Gasteiger charge is 2.25. The zero-order valence-corrected chi connectivity index (χ0v) is 11.4. The van der Waals surface area contributed by atoms with E-state index in [0.717, 1.165) is 32.2 Å². The molecule has 2 aliphatic rings. The predicted molar refractivity (Wildman–Crippen MR) is 68.2 cm³/mol. The minimum Gasteiger partial charge on any atom is -0.341 e. The molecule has 0 atom stereocenters. The van der Waals surface area contributed by atoms with Gasteiger partial charge in [0.05, 0.1) is 0 Å². The standard InChI is InChI=1S/C11H21N3O3S/c15-11-5-1-2-7-13(11)10-6-12-18(16,17)14-8-3-4-9-14/h12H,1-10H2. The summed E-state index contributed by atoms with van der Waals surface area (Å²) in [6.07, 6.45) is 4.44. The Hall–Kier alpha value is -0.660. The first-order valence-corrected chi connectivity index (χ1v) is 8.06. The van der Waals surface area contributed by atoms with Gasteiger partial charge in [0, 0.05) is 39.1 Å². The van der Waals surface area contributed by atoms with Crippen LogP contribution in [0.1, 0.15) is 32.1 Å². The summed E-state index contributed by atoms with van der Waals surface area (Å²) in [6, 6.07) is 0. The zero-order chi connectivity index (χ0) is 13.0. The van der Waals surface area contributed by atoms with Gasteiger partial charge in [-0.05, 0) is 25.7 Å². The van der Waals surface area contributed by atoms with Crippen molar-refractivity contribution in [3.63, 3.8) is 0 Å². The van der Waals surface area contributed by atoms with E-state index in [4.69, 9.17) is 0 Å². The van der Waals surface area contributed by atoms with Gasteiger partial charge in [-0.3, -0.25) is 4.79 Å². The third kappa shape index (κ3) is 3.43. The molecule has 0 bridgehead atoms. The fourth-order valence-electron chi connectivity index (χ4n) is 2.43. The van der Waals surface area contributed by atoms with Gasteiger partial charge in [0.1, 0.15) is 0 Å². The van der Waals surface area contributed by atoms with Gasteiger partial charge in [-0.15, -0.1) is 0 Å². The van der Waals surface area contributed by atoms with Crippen LogP contribution in [0.2, 0.25) is 0 Å². The molecule has 0 aliphatic carbocycles. The molecule has 1 amide bonds. The third-order valence-corrected chi connectivity index (χ3v) is 5.11. The molecule has 0 unspecified atom stereocenters. The lowest BCUT2D eigenvalue weighted by Gasteiger charge is -2.27. The number of nitrogens with one attached hydrogen (secondary N) is 1. The molecule has 2 fully saturated rings. The monoisotopic (exact) mass is 275 g/mol. The van der Waals surface area contributed by atoms with Crippen molar-refractivity contribution in [1.82, 2.24) is 13.9 Å². The summed E-state index contributed by atoms with van der Waals surface area (Å²) < 4.78 is 27.8. The van der Waals surface area contributed by atoms with E-state index in [1.165, 1.54) is 4.31 Å². The van der Waals surface area contributed by atoms with Crippen LogP contribution in [0, 0.1) is 0 Å². The van der Waals surface area contributed by atoms with E-state index in [2.05, 4.69) is 4.72 Å². The van der Waals surface area contributed by atoms with Crippen molar-refractivity contribution in [3.8, 4) is 0 Å². The molecule has 0 aromatic rings. The van der Waals surface area contributed by atoms with Crippen LogP contribution >= 0.6 is 0 Å². The molecule has 0 saturated carbocycles. The van der Waals surface area contributed by atoms with Crippen LogP contribution in [0.3, 0.4) is 0 Å². The van der Waals surface area contributed by atoms with Crippen LogP contribution in [-0.2, 0) is 15.0 Å². The summed E-state index contributed by atoms with van der Waals surface area (Å²) in [4.78, 5) is 13.3. The second-order valence-corrected chi connectivity index (χ2v) is 6.60. The van der Waals surface area contributed by atoms with Crippen LogP contribution in [0.5, 0.6) is 0 Å². The maximum absolute atomic E-state index is 11.9. The summed E-state index contributed by atoms with van der Waals surface area (Å²) in [5.74, 6) is 0.140. The largest absolute Gasteiger partial charge is 0.341 e. The van der Waals surface area contributed by atoms with E-state index < -0.39 is 10.2 Å². The Bertz CT molecular complexity index is 390. The van der Waals surface area contributed by atoms with E-state index in [1.807, 2.05) is 0 Å². The van der Waals surface area contributed by atoms with Gasteiger partial charge in [0.2, 0.25) is 5.91 Å². The summed E-state index contributed by atoms with van der Waals surface area (Å²) in [7, 11) is -3.33. The molecule has 18 heavy (non-hydrogen) atoms. The van der Waals surface area contributed by atoms with Gasteiger partial charge in [-0.1, -0.05) is 0 Å². The molecule has 7 heteroatoms. The van der Waals surface area contributed by atoms with Crippen LogP contribution in [-0.4, -0.2) is 56.3 Å². The average Bonchev–Trinajstić information content (AvgIpc) is 2.86. The number of nitrogens with zero attached hydrogens (tertiary/aromatic N) is 2. The molecule has 6 nitrogen and oxygen atoms in total. The Morgan fingerprint density at radius 1 is 1.06 bits per heavy atom. The SMILES string of the molecule is O=C1CCCCN1CCNS(=O)(=O)N1CCCC1. The second kappa shape index (κ2) is 5.99. The molecule has 1 N–H and O–H groups in total. The number of likely N-dealkylation sites (tertiary alicyclic amines) is 1. The summed E-state index contributed by atoms with van der Waals surface area (Å²) in [5, 5.41) is 0. The quantitative estimate of drug-likeness (QED) is 0.763.